The SMILES string of the molecule is O=C(NCc1cn[nH]c1)NC(Cc1cnc[nH]1)C(=O)O. The van der Waals surface area contributed by atoms with Crippen LogP contribution in [0.3, 0.4) is 0 Å². The highest BCUT2D eigenvalue weighted by atomic mass is 16.4. The number of aromatic amines is 2. The summed E-state index contributed by atoms with van der Waals surface area (Å²) in [5, 5.41) is 20.4. The normalized spacial score (nSPS) is 11.8. The first-order valence-electron chi connectivity index (χ1n) is 5.87. The lowest BCUT2D eigenvalue weighted by Crippen LogP contribution is -2.46. The molecule has 0 radical (unpaired) electrons. The average molecular weight is 278 g/mol. The van der Waals surface area contributed by atoms with Gasteiger partial charge in [-0.25, -0.2) is 14.6 Å². The molecule has 0 bridgehead atoms. The molecule has 20 heavy (non-hydrogen) atoms. The molecule has 2 aromatic heterocycles. The molecule has 0 spiro atoms. The number of nitrogens with zero attached hydrogens (tertiary/aromatic N) is 2. The Bertz CT molecular complexity index is 551. The summed E-state index contributed by atoms with van der Waals surface area (Å²) in [5.41, 5.74) is 1.42. The summed E-state index contributed by atoms with van der Waals surface area (Å²) >= 11 is 0. The number of carbonyl (C=O) groups is 2. The van der Waals surface area contributed by atoms with Crippen molar-refractivity contribution in [3.63, 3.8) is 0 Å². The second-order valence-corrected chi connectivity index (χ2v) is 4.11. The predicted molar refractivity (Wildman–Crippen MR) is 67.7 cm³/mol. The van der Waals surface area contributed by atoms with Gasteiger partial charge in [0.2, 0.25) is 0 Å². The van der Waals surface area contributed by atoms with Crippen molar-refractivity contribution < 1.29 is 14.7 Å². The molecule has 0 fully saturated rings. The van der Waals surface area contributed by atoms with Crippen molar-refractivity contribution in [3.05, 3.63) is 36.2 Å². The van der Waals surface area contributed by atoms with E-state index in [4.69, 9.17) is 5.11 Å². The molecule has 2 aromatic rings. The van der Waals surface area contributed by atoms with E-state index in [2.05, 4.69) is 30.8 Å². The lowest BCUT2D eigenvalue weighted by Gasteiger charge is -2.14. The van der Waals surface area contributed by atoms with Gasteiger partial charge >= 0.3 is 12.0 Å². The minimum absolute atomic E-state index is 0.133. The van der Waals surface area contributed by atoms with Gasteiger partial charge in [-0.1, -0.05) is 0 Å². The van der Waals surface area contributed by atoms with E-state index in [0.29, 0.717) is 5.69 Å². The Balaban J connectivity index is 1.84. The molecule has 0 saturated carbocycles. The molecule has 9 heteroatoms. The van der Waals surface area contributed by atoms with Crippen molar-refractivity contribution in [3.8, 4) is 0 Å². The summed E-state index contributed by atoms with van der Waals surface area (Å²) in [5.74, 6) is -1.11. The number of imidazole rings is 1. The van der Waals surface area contributed by atoms with Gasteiger partial charge < -0.3 is 20.7 Å². The first kappa shape index (κ1) is 13.6. The summed E-state index contributed by atoms with van der Waals surface area (Å²) in [4.78, 5) is 29.3. The number of urea groups is 1. The summed E-state index contributed by atoms with van der Waals surface area (Å²) < 4.78 is 0. The fourth-order valence-corrected chi connectivity index (χ4v) is 1.58. The average Bonchev–Trinajstić information content (AvgIpc) is 3.08. The maximum atomic E-state index is 11.6. The first-order valence-corrected chi connectivity index (χ1v) is 5.87. The fraction of sp³-hybridized carbons (Fsp3) is 0.273. The molecule has 1 unspecified atom stereocenters. The van der Waals surface area contributed by atoms with Gasteiger partial charge in [0.25, 0.3) is 0 Å². The van der Waals surface area contributed by atoms with Crippen LogP contribution in [0.1, 0.15) is 11.3 Å². The lowest BCUT2D eigenvalue weighted by atomic mass is 10.2. The van der Waals surface area contributed by atoms with Crippen molar-refractivity contribution >= 4 is 12.0 Å². The van der Waals surface area contributed by atoms with Crippen LogP contribution < -0.4 is 10.6 Å². The Morgan fingerprint density at radius 1 is 1.40 bits per heavy atom. The van der Waals surface area contributed by atoms with Crippen LogP contribution in [-0.2, 0) is 17.8 Å². The van der Waals surface area contributed by atoms with E-state index in [9.17, 15) is 9.59 Å². The van der Waals surface area contributed by atoms with Crippen LogP contribution in [0.15, 0.2) is 24.9 Å². The number of amides is 2. The predicted octanol–water partition coefficient (Wildman–Crippen LogP) is -0.372. The van der Waals surface area contributed by atoms with Crippen molar-refractivity contribution in [2.75, 3.05) is 0 Å². The highest BCUT2D eigenvalue weighted by Crippen LogP contribution is 1.99. The number of aromatic nitrogens is 4. The first-order chi connectivity index (χ1) is 9.65. The van der Waals surface area contributed by atoms with Gasteiger partial charge in [0.15, 0.2) is 0 Å². The second-order valence-electron chi connectivity index (χ2n) is 4.11. The number of rotatable bonds is 6. The van der Waals surface area contributed by atoms with E-state index in [1.54, 1.807) is 12.4 Å². The minimum Gasteiger partial charge on any atom is -0.480 e. The van der Waals surface area contributed by atoms with Gasteiger partial charge in [0, 0.05) is 36.6 Å². The molecular weight excluding hydrogens is 264 g/mol. The largest absolute Gasteiger partial charge is 0.480 e. The van der Waals surface area contributed by atoms with Crippen molar-refractivity contribution in [2.24, 2.45) is 0 Å². The molecule has 0 aliphatic carbocycles. The highest BCUT2D eigenvalue weighted by molar-refractivity contribution is 5.82. The number of carboxylic acid groups (broad SMARTS) is 1. The van der Waals surface area contributed by atoms with E-state index < -0.39 is 18.0 Å². The van der Waals surface area contributed by atoms with Crippen LogP contribution in [0.5, 0.6) is 0 Å². The van der Waals surface area contributed by atoms with Gasteiger partial charge in [-0.2, -0.15) is 5.10 Å². The molecule has 0 aliphatic rings. The van der Waals surface area contributed by atoms with E-state index >= 15 is 0 Å². The monoisotopic (exact) mass is 278 g/mol. The maximum Gasteiger partial charge on any atom is 0.326 e. The van der Waals surface area contributed by atoms with Crippen LogP contribution >= 0.6 is 0 Å². The Labute approximate surface area is 113 Å². The van der Waals surface area contributed by atoms with Crippen molar-refractivity contribution in [1.82, 2.24) is 30.8 Å². The standard InChI is InChI=1S/C11H14N6O3/c18-10(19)9(1-8-5-12-6-14-8)17-11(20)13-2-7-3-15-16-4-7/h3-6,9H,1-2H2,(H,12,14)(H,15,16)(H,18,19)(H2,13,17,20). The topological polar surface area (TPSA) is 136 Å². The third-order valence-corrected chi connectivity index (χ3v) is 2.59. The van der Waals surface area contributed by atoms with Crippen molar-refractivity contribution in [2.45, 2.75) is 19.0 Å². The number of carboxylic acids is 1. The molecular formula is C11H14N6O3. The number of nitrogens with one attached hydrogen (secondary N) is 4. The molecule has 2 heterocycles. The van der Waals surface area contributed by atoms with E-state index in [1.807, 2.05) is 0 Å². The van der Waals surface area contributed by atoms with E-state index in [0.717, 1.165) is 5.56 Å². The molecule has 0 aliphatic heterocycles. The summed E-state index contributed by atoms with van der Waals surface area (Å²) in [6.07, 6.45) is 6.31. The van der Waals surface area contributed by atoms with Crippen molar-refractivity contribution in [1.29, 1.82) is 0 Å². The van der Waals surface area contributed by atoms with Gasteiger partial charge in [-0.15, -0.1) is 0 Å². The zero-order valence-corrected chi connectivity index (χ0v) is 10.5. The molecule has 0 aromatic carbocycles. The van der Waals surface area contributed by atoms with E-state index in [1.165, 1.54) is 12.5 Å². The van der Waals surface area contributed by atoms with Crippen LogP contribution in [0.25, 0.3) is 0 Å². The van der Waals surface area contributed by atoms with Crippen LogP contribution in [-0.4, -0.2) is 43.3 Å². The lowest BCUT2D eigenvalue weighted by molar-refractivity contribution is -0.139. The number of H-pyrrole nitrogens is 2. The highest BCUT2D eigenvalue weighted by Gasteiger charge is 2.20. The summed E-state index contributed by atoms with van der Waals surface area (Å²) in [6, 6.07) is -1.59. The number of hydrogen-bond acceptors (Lipinski definition) is 4. The molecule has 5 N–H and O–H groups in total. The van der Waals surface area contributed by atoms with Crippen LogP contribution in [0.2, 0.25) is 0 Å². The maximum absolute atomic E-state index is 11.6. The van der Waals surface area contributed by atoms with Gasteiger partial charge in [0.05, 0.1) is 12.5 Å². The zero-order chi connectivity index (χ0) is 14.4. The molecule has 9 nitrogen and oxygen atoms in total. The zero-order valence-electron chi connectivity index (χ0n) is 10.5. The molecule has 106 valence electrons. The Morgan fingerprint density at radius 3 is 2.85 bits per heavy atom. The molecule has 2 amide bonds. The fourth-order valence-electron chi connectivity index (χ4n) is 1.58. The van der Waals surface area contributed by atoms with E-state index in [-0.39, 0.29) is 13.0 Å². The Hall–Kier alpha value is -2.84. The number of aliphatic carboxylic acids is 1. The third-order valence-electron chi connectivity index (χ3n) is 2.59. The summed E-state index contributed by atoms with van der Waals surface area (Å²) in [6.45, 7) is 0.263. The Morgan fingerprint density at radius 2 is 2.25 bits per heavy atom. The van der Waals surface area contributed by atoms with Gasteiger partial charge in [0.1, 0.15) is 6.04 Å². The quantitative estimate of drug-likeness (QED) is 0.491. The molecule has 0 saturated heterocycles. The van der Waals surface area contributed by atoms with Crippen LogP contribution in [0, 0.1) is 0 Å². The minimum atomic E-state index is -1.11. The summed E-state index contributed by atoms with van der Waals surface area (Å²) in [7, 11) is 0. The second kappa shape index (κ2) is 6.36. The molecule has 1 atom stereocenters. The van der Waals surface area contributed by atoms with Gasteiger partial charge in [-0.3, -0.25) is 5.10 Å². The van der Waals surface area contributed by atoms with Gasteiger partial charge in [-0.05, 0) is 0 Å². The Kier molecular flexibility index (Phi) is 4.32. The van der Waals surface area contributed by atoms with Crippen LogP contribution in [0.4, 0.5) is 4.79 Å². The number of hydrogen-bond donors (Lipinski definition) is 5. The third kappa shape index (κ3) is 3.83. The molecule has 2 rings (SSSR count). The smallest absolute Gasteiger partial charge is 0.326 e. The number of carbonyl (C=O) groups excluding carboxylic acids is 1.